The maximum atomic E-state index is 11.3. The highest BCUT2D eigenvalue weighted by Gasteiger charge is 2.18. The van der Waals surface area contributed by atoms with Crippen molar-refractivity contribution in [3.8, 4) is 0 Å². The average molecular weight is 173 g/mol. The summed E-state index contributed by atoms with van der Waals surface area (Å²) in [6.45, 7) is 6.22. The summed E-state index contributed by atoms with van der Waals surface area (Å²) in [5.74, 6) is 0. The second kappa shape index (κ2) is 4.30. The van der Waals surface area contributed by atoms with Crippen LogP contribution in [0.3, 0.4) is 0 Å². The van der Waals surface area contributed by atoms with Crippen molar-refractivity contribution in [2.24, 2.45) is 0 Å². The minimum absolute atomic E-state index is 0.0413. The van der Waals surface area contributed by atoms with Gasteiger partial charge in [-0.1, -0.05) is 0 Å². The molecule has 0 bridgehead atoms. The number of hydrogen-bond donors (Lipinski definition) is 0. The molecule has 1 amide bonds. The molecule has 0 saturated carbocycles. The van der Waals surface area contributed by atoms with Crippen LogP contribution < -0.4 is 0 Å². The molecule has 0 aromatic carbocycles. The fourth-order valence-electron chi connectivity index (χ4n) is 1.02. The van der Waals surface area contributed by atoms with Gasteiger partial charge in [0.05, 0.1) is 19.3 Å². The van der Waals surface area contributed by atoms with Crippen LogP contribution in [0, 0.1) is 0 Å². The molecule has 1 rings (SSSR count). The zero-order chi connectivity index (χ0) is 8.97. The number of hydrogen-bond acceptors (Lipinski definition) is 3. The molecule has 0 aliphatic carbocycles. The van der Waals surface area contributed by atoms with Crippen LogP contribution in [0.4, 0.5) is 4.79 Å². The van der Waals surface area contributed by atoms with Crippen LogP contribution in [-0.2, 0) is 9.47 Å². The SMILES string of the molecule is CC(C)OC(=O)N1CCOCC1. The minimum Gasteiger partial charge on any atom is -0.447 e. The number of rotatable bonds is 1. The van der Waals surface area contributed by atoms with Gasteiger partial charge in [-0.05, 0) is 13.8 Å². The lowest BCUT2D eigenvalue weighted by Crippen LogP contribution is -2.41. The number of amides is 1. The van der Waals surface area contributed by atoms with Gasteiger partial charge < -0.3 is 14.4 Å². The molecule has 70 valence electrons. The zero-order valence-corrected chi connectivity index (χ0v) is 7.58. The van der Waals surface area contributed by atoms with Gasteiger partial charge in [-0.15, -0.1) is 0 Å². The van der Waals surface area contributed by atoms with Crippen molar-refractivity contribution in [3.63, 3.8) is 0 Å². The Morgan fingerprint density at radius 1 is 1.42 bits per heavy atom. The predicted molar refractivity (Wildman–Crippen MR) is 44.0 cm³/mol. The number of morpholine rings is 1. The second-order valence-electron chi connectivity index (χ2n) is 3.03. The third-order valence-electron chi connectivity index (χ3n) is 1.61. The van der Waals surface area contributed by atoms with E-state index in [2.05, 4.69) is 0 Å². The maximum Gasteiger partial charge on any atom is 0.410 e. The molecular formula is C8H15NO3. The maximum absolute atomic E-state index is 11.3. The standard InChI is InChI=1S/C8H15NO3/c1-7(2)12-8(10)9-3-5-11-6-4-9/h7H,3-6H2,1-2H3. The van der Waals surface area contributed by atoms with Crippen LogP contribution >= 0.6 is 0 Å². The Kier molecular flexibility index (Phi) is 3.34. The predicted octanol–water partition coefficient (Wildman–Crippen LogP) is 0.864. The summed E-state index contributed by atoms with van der Waals surface area (Å²) < 4.78 is 10.1. The van der Waals surface area contributed by atoms with Crippen LogP contribution in [0.25, 0.3) is 0 Å². The summed E-state index contributed by atoms with van der Waals surface area (Å²) in [5.41, 5.74) is 0. The van der Waals surface area contributed by atoms with E-state index < -0.39 is 0 Å². The third-order valence-corrected chi connectivity index (χ3v) is 1.61. The van der Waals surface area contributed by atoms with Crippen molar-refractivity contribution in [3.05, 3.63) is 0 Å². The molecule has 0 N–H and O–H groups in total. The van der Waals surface area contributed by atoms with E-state index in [0.717, 1.165) is 0 Å². The Bertz CT molecular complexity index is 152. The lowest BCUT2D eigenvalue weighted by Gasteiger charge is -2.26. The molecule has 1 aliphatic heterocycles. The molecule has 0 atom stereocenters. The molecular weight excluding hydrogens is 158 g/mol. The van der Waals surface area contributed by atoms with Crippen molar-refractivity contribution < 1.29 is 14.3 Å². The summed E-state index contributed by atoms with van der Waals surface area (Å²) in [5, 5.41) is 0. The van der Waals surface area contributed by atoms with Crippen molar-refractivity contribution in [2.45, 2.75) is 20.0 Å². The third kappa shape index (κ3) is 2.70. The van der Waals surface area contributed by atoms with Crippen LogP contribution in [0.1, 0.15) is 13.8 Å². The van der Waals surface area contributed by atoms with E-state index in [1.165, 1.54) is 0 Å². The van der Waals surface area contributed by atoms with Gasteiger partial charge >= 0.3 is 6.09 Å². The minimum atomic E-state index is -0.228. The number of nitrogens with zero attached hydrogens (tertiary/aromatic N) is 1. The van der Waals surface area contributed by atoms with Crippen LogP contribution in [0.15, 0.2) is 0 Å². The van der Waals surface area contributed by atoms with E-state index in [1.807, 2.05) is 13.8 Å². The summed E-state index contributed by atoms with van der Waals surface area (Å²) in [4.78, 5) is 12.9. The Balaban J connectivity index is 2.30. The highest BCUT2D eigenvalue weighted by Crippen LogP contribution is 2.01. The normalized spacial score (nSPS) is 18.1. The number of carbonyl (C=O) groups excluding carboxylic acids is 1. The average Bonchev–Trinajstić information content (AvgIpc) is 2.05. The largest absolute Gasteiger partial charge is 0.447 e. The quantitative estimate of drug-likeness (QED) is 0.590. The zero-order valence-electron chi connectivity index (χ0n) is 7.58. The molecule has 4 heteroatoms. The topological polar surface area (TPSA) is 38.8 Å². The molecule has 1 fully saturated rings. The van der Waals surface area contributed by atoms with Gasteiger partial charge in [0, 0.05) is 13.1 Å². The monoisotopic (exact) mass is 173 g/mol. The van der Waals surface area contributed by atoms with E-state index in [9.17, 15) is 4.79 Å². The molecule has 1 saturated heterocycles. The van der Waals surface area contributed by atoms with Gasteiger partial charge in [0.2, 0.25) is 0 Å². The van der Waals surface area contributed by atoms with E-state index in [1.54, 1.807) is 4.90 Å². The van der Waals surface area contributed by atoms with Gasteiger partial charge in [-0.3, -0.25) is 0 Å². The van der Waals surface area contributed by atoms with Gasteiger partial charge in [-0.25, -0.2) is 4.79 Å². The molecule has 0 spiro atoms. The van der Waals surface area contributed by atoms with Gasteiger partial charge in [0.25, 0.3) is 0 Å². The summed E-state index contributed by atoms with van der Waals surface area (Å²) in [7, 11) is 0. The van der Waals surface area contributed by atoms with Gasteiger partial charge in [-0.2, -0.15) is 0 Å². The highest BCUT2D eigenvalue weighted by molar-refractivity contribution is 5.67. The first-order valence-corrected chi connectivity index (χ1v) is 4.23. The van der Waals surface area contributed by atoms with Crippen molar-refractivity contribution in [1.82, 2.24) is 4.90 Å². The highest BCUT2D eigenvalue weighted by atomic mass is 16.6. The lowest BCUT2D eigenvalue weighted by atomic mass is 10.4. The second-order valence-corrected chi connectivity index (χ2v) is 3.03. The number of carbonyl (C=O) groups is 1. The van der Waals surface area contributed by atoms with Crippen LogP contribution in [-0.4, -0.2) is 43.4 Å². The first-order valence-electron chi connectivity index (χ1n) is 4.23. The molecule has 0 aromatic rings. The molecule has 1 heterocycles. The van der Waals surface area contributed by atoms with Crippen LogP contribution in [0.5, 0.6) is 0 Å². The van der Waals surface area contributed by atoms with E-state index >= 15 is 0 Å². The van der Waals surface area contributed by atoms with Gasteiger partial charge in [0.1, 0.15) is 0 Å². The summed E-state index contributed by atoms with van der Waals surface area (Å²) >= 11 is 0. The summed E-state index contributed by atoms with van der Waals surface area (Å²) in [6, 6.07) is 0. The van der Waals surface area contributed by atoms with Crippen molar-refractivity contribution >= 4 is 6.09 Å². The lowest BCUT2D eigenvalue weighted by molar-refractivity contribution is 0.0182. The first-order chi connectivity index (χ1) is 5.70. The van der Waals surface area contributed by atoms with Gasteiger partial charge in [0.15, 0.2) is 0 Å². The fourth-order valence-corrected chi connectivity index (χ4v) is 1.02. The Morgan fingerprint density at radius 3 is 2.50 bits per heavy atom. The first kappa shape index (κ1) is 9.32. The van der Waals surface area contributed by atoms with Crippen molar-refractivity contribution in [1.29, 1.82) is 0 Å². The Labute approximate surface area is 72.4 Å². The van der Waals surface area contributed by atoms with E-state index in [4.69, 9.17) is 9.47 Å². The van der Waals surface area contributed by atoms with Crippen LogP contribution in [0.2, 0.25) is 0 Å². The summed E-state index contributed by atoms with van der Waals surface area (Å²) in [6.07, 6.45) is -0.270. The van der Waals surface area contributed by atoms with E-state index in [0.29, 0.717) is 26.3 Å². The molecule has 0 radical (unpaired) electrons. The molecule has 1 aliphatic rings. The molecule has 4 nitrogen and oxygen atoms in total. The smallest absolute Gasteiger partial charge is 0.410 e. The Morgan fingerprint density at radius 2 is 2.00 bits per heavy atom. The molecule has 0 unspecified atom stereocenters. The van der Waals surface area contributed by atoms with E-state index in [-0.39, 0.29) is 12.2 Å². The fraction of sp³-hybridized carbons (Fsp3) is 0.875. The molecule has 12 heavy (non-hydrogen) atoms. The molecule has 0 aromatic heterocycles. The Hall–Kier alpha value is -0.770. The number of ether oxygens (including phenoxy) is 2. The van der Waals surface area contributed by atoms with Crippen molar-refractivity contribution in [2.75, 3.05) is 26.3 Å².